The second-order valence-electron chi connectivity index (χ2n) is 6.39. The van der Waals surface area contributed by atoms with E-state index in [2.05, 4.69) is 10.3 Å². The van der Waals surface area contributed by atoms with Crippen molar-refractivity contribution in [2.45, 2.75) is 12.0 Å². The van der Waals surface area contributed by atoms with E-state index in [1.807, 2.05) is 12.3 Å². The van der Waals surface area contributed by atoms with Crippen LogP contribution >= 0.6 is 0 Å². The van der Waals surface area contributed by atoms with Crippen LogP contribution in [-0.2, 0) is 11.8 Å². The zero-order valence-corrected chi connectivity index (χ0v) is 14.5. The second kappa shape index (κ2) is 6.38. The number of likely N-dealkylation sites (tertiary alicyclic amines) is 1. The normalized spacial score (nSPS) is 20.0. The summed E-state index contributed by atoms with van der Waals surface area (Å²) in [7, 11) is 3.40. The summed E-state index contributed by atoms with van der Waals surface area (Å²) in [5, 5.41) is 9.23. The van der Waals surface area contributed by atoms with Gasteiger partial charge in [-0.25, -0.2) is 4.79 Å². The third kappa shape index (κ3) is 2.78. The van der Waals surface area contributed by atoms with Gasteiger partial charge in [0.2, 0.25) is 0 Å². The number of methoxy groups -OCH3 is 1. The van der Waals surface area contributed by atoms with E-state index in [1.165, 1.54) is 0 Å². The Kier molecular flexibility index (Phi) is 4.04. The number of benzene rings is 1. The van der Waals surface area contributed by atoms with Crippen LogP contribution in [0.3, 0.4) is 0 Å². The maximum atomic E-state index is 12.9. The molecule has 0 N–H and O–H groups in total. The minimum Gasteiger partial charge on any atom is -0.417 e. The molecule has 3 aromatic rings. The summed E-state index contributed by atoms with van der Waals surface area (Å²) >= 11 is 0. The fourth-order valence-electron chi connectivity index (χ4n) is 3.39. The van der Waals surface area contributed by atoms with Crippen molar-refractivity contribution >= 4 is 16.7 Å². The van der Waals surface area contributed by atoms with Crippen molar-refractivity contribution in [3.05, 3.63) is 58.4 Å². The van der Waals surface area contributed by atoms with Crippen LogP contribution in [0.5, 0.6) is 0 Å². The van der Waals surface area contributed by atoms with Gasteiger partial charge in [-0.2, -0.15) is 0 Å². The highest BCUT2D eigenvalue weighted by Crippen LogP contribution is 2.29. The van der Waals surface area contributed by atoms with Gasteiger partial charge >= 0.3 is 5.63 Å². The van der Waals surface area contributed by atoms with Crippen LogP contribution in [0.1, 0.15) is 22.2 Å². The first-order chi connectivity index (χ1) is 12.6. The SMILES string of the molecule is CO[C@@H]1CN(C(=O)c2cc3ccccc3c(=O)o2)C[C@H]1c1cn(C)nn1. The van der Waals surface area contributed by atoms with Gasteiger partial charge in [0.25, 0.3) is 5.91 Å². The number of fused-ring (bicyclic) bond motifs is 1. The summed E-state index contributed by atoms with van der Waals surface area (Å²) in [4.78, 5) is 26.7. The molecule has 0 radical (unpaired) electrons. The lowest BCUT2D eigenvalue weighted by atomic mass is 10.0. The van der Waals surface area contributed by atoms with E-state index in [0.717, 1.165) is 5.69 Å². The number of carbonyl (C=O) groups excluding carboxylic acids is 1. The Morgan fingerprint density at radius 1 is 1.31 bits per heavy atom. The Morgan fingerprint density at radius 2 is 2.12 bits per heavy atom. The first-order valence-corrected chi connectivity index (χ1v) is 8.28. The molecule has 8 heteroatoms. The third-order valence-corrected chi connectivity index (χ3v) is 4.74. The Hall–Kier alpha value is -3.00. The molecule has 4 rings (SSSR count). The second-order valence-corrected chi connectivity index (χ2v) is 6.39. The molecular formula is C18H18N4O4. The van der Waals surface area contributed by atoms with Gasteiger partial charge in [-0.05, 0) is 17.5 Å². The van der Waals surface area contributed by atoms with Crippen LogP contribution in [0.15, 0.2) is 45.7 Å². The molecule has 26 heavy (non-hydrogen) atoms. The number of carbonyl (C=O) groups is 1. The number of amides is 1. The van der Waals surface area contributed by atoms with E-state index >= 15 is 0 Å². The van der Waals surface area contributed by atoms with Gasteiger partial charge in [0.05, 0.1) is 23.1 Å². The van der Waals surface area contributed by atoms with E-state index in [-0.39, 0.29) is 23.7 Å². The lowest BCUT2D eigenvalue weighted by molar-refractivity contribution is 0.0684. The van der Waals surface area contributed by atoms with Crippen LogP contribution in [0.4, 0.5) is 0 Å². The number of ether oxygens (including phenoxy) is 1. The average Bonchev–Trinajstić information content (AvgIpc) is 3.27. The molecular weight excluding hydrogens is 336 g/mol. The molecule has 1 fully saturated rings. The van der Waals surface area contributed by atoms with Crippen LogP contribution in [-0.4, -0.2) is 52.1 Å². The smallest absolute Gasteiger partial charge is 0.344 e. The Balaban J connectivity index is 1.63. The van der Waals surface area contributed by atoms with Crippen molar-refractivity contribution in [3.8, 4) is 0 Å². The molecule has 3 heterocycles. The van der Waals surface area contributed by atoms with Gasteiger partial charge in [0, 0.05) is 33.4 Å². The summed E-state index contributed by atoms with van der Waals surface area (Å²) < 4.78 is 12.4. The minimum absolute atomic E-state index is 0.0309. The average molecular weight is 354 g/mol. The number of nitrogens with zero attached hydrogens (tertiary/aromatic N) is 4. The van der Waals surface area contributed by atoms with Crippen LogP contribution in [0.25, 0.3) is 10.8 Å². The van der Waals surface area contributed by atoms with Gasteiger partial charge in [-0.1, -0.05) is 23.4 Å². The number of hydrogen-bond acceptors (Lipinski definition) is 6. The van der Waals surface area contributed by atoms with Crippen LogP contribution in [0, 0.1) is 0 Å². The number of hydrogen-bond donors (Lipinski definition) is 0. The Labute approximate surface area is 149 Å². The van der Waals surface area contributed by atoms with Crippen molar-refractivity contribution in [3.63, 3.8) is 0 Å². The van der Waals surface area contributed by atoms with Crippen LogP contribution < -0.4 is 5.63 Å². The zero-order valence-electron chi connectivity index (χ0n) is 14.5. The molecule has 1 aliphatic rings. The fourth-order valence-corrected chi connectivity index (χ4v) is 3.39. The Morgan fingerprint density at radius 3 is 2.85 bits per heavy atom. The van der Waals surface area contributed by atoms with Gasteiger partial charge in [-0.15, -0.1) is 5.10 Å². The molecule has 0 spiro atoms. The molecule has 134 valence electrons. The molecule has 0 saturated carbocycles. The topological polar surface area (TPSA) is 90.5 Å². The predicted octanol–water partition coefficient (Wildman–Crippen LogP) is 1.18. The highest BCUT2D eigenvalue weighted by Gasteiger charge is 2.39. The third-order valence-electron chi connectivity index (χ3n) is 4.74. The van der Waals surface area contributed by atoms with Gasteiger partial charge in [0.15, 0.2) is 5.76 Å². The molecule has 8 nitrogen and oxygen atoms in total. The highest BCUT2D eigenvalue weighted by atomic mass is 16.5. The summed E-state index contributed by atoms with van der Waals surface area (Å²) in [6, 6.07) is 8.65. The van der Waals surface area contributed by atoms with Crippen molar-refractivity contribution in [1.29, 1.82) is 0 Å². The minimum atomic E-state index is -0.514. The number of rotatable bonds is 3. The molecule has 1 saturated heterocycles. The largest absolute Gasteiger partial charge is 0.417 e. The first kappa shape index (κ1) is 16.5. The van der Waals surface area contributed by atoms with Crippen molar-refractivity contribution in [2.75, 3.05) is 20.2 Å². The zero-order chi connectivity index (χ0) is 18.3. The quantitative estimate of drug-likeness (QED) is 0.701. The van der Waals surface area contributed by atoms with Crippen molar-refractivity contribution in [1.82, 2.24) is 19.9 Å². The van der Waals surface area contributed by atoms with E-state index < -0.39 is 5.63 Å². The lowest BCUT2D eigenvalue weighted by Crippen LogP contribution is -2.30. The lowest BCUT2D eigenvalue weighted by Gasteiger charge is -2.15. The molecule has 1 amide bonds. The molecule has 0 aliphatic carbocycles. The standard InChI is InChI=1S/C18H18N4O4/c1-21-9-14(19-20-21)13-8-22(10-16(13)25-2)17(23)15-7-11-5-3-4-6-12(11)18(24)26-15/h3-7,9,13,16H,8,10H2,1-2H3/t13-,16+/m0/s1. The van der Waals surface area contributed by atoms with Gasteiger partial charge in [0.1, 0.15) is 0 Å². The summed E-state index contributed by atoms with van der Waals surface area (Å²) in [5.41, 5.74) is 0.258. The van der Waals surface area contributed by atoms with Gasteiger partial charge in [-0.3, -0.25) is 9.48 Å². The van der Waals surface area contributed by atoms with E-state index in [1.54, 1.807) is 48.0 Å². The van der Waals surface area contributed by atoms with Crippen molar-refractivity contribution < 1.29 is 13.9 Å². The maximum Gasteiger partial charge on any atom is 0.344 e. The summed E-state index contributed by atoms with van der Waals surface area (Å²) in [5.74, 6) is -0.380. The molecule has 2 atom stereocenters. The maximum absolute atomic E-state index is 12.9. The van der Waals surface area contributed by atoms with E-state index in [4.69, 9.17) is 9.15 Å². The molecule has 1 aliphatic heterocycles. The number of aromatic nitrogens is 3. The fraction of sp³-hybridized carbons (Fsp3) is 0.333. The number of aryl methyl sites for hydroxylation is 1. The predicted molar refractivity (Wildman–Crippen MR) is 92.9 cm³/mol. The van der Waals surface area contributed by atoms with E-state index in [9.17, 15) is 9.59 Å². The molecule has 0 bridgehead atoms. The monoisotopic (exact) mass is 354 g/mol. The van der Waals surface area contributed by atoms with Crippen molar-refractivity contribution in [2.24, 2.45) is 7.05 Å². The van der Waals surface area contributed by atoms with E-state index in [0.29, 0.717) is 23.9 Å². The summed E-state index contributed by atoms with van der Waals surface area (Å²) in [6.45, 7) is 0.819. The first-order valence-electron chi connectivity index (χ1n) is 8.28. The summed E-state index contributed by atoms with van der Waals surface area (Å²) in [6.07, 6.45) is 1.63. The Bertz CT molecular complexity index is 1030. The highest BCUT2D eigenvalue weighted by molar-refractivity contribution is 5.95. The molecule has 0 unspecified atom stereocenters. The molecule has 2 aromatic heterocycles. The van der Waals surface area contributed by atoms with Crippen LogP contribution in [0.2, 0.25) is 0 Å². The van der Waals surface area contributed by atoms with Gasteiger partial charge < -0.3 is 14.1 Å². The molecule has 1 aromatic carbocycles.